The Morgan fingerprint density at radius 1 is 1.38 bits per heavy atom. The fourth-order valence-electron chi connectivity index (χ4n) is 0.908. The van der Waals surface area contributed by atoms with Crippen molar-refractivity contribution < 1.29 is 4.74 Å². The molecule has 0 unspecified atom stereocenters. The highest BCUT2D eigenvalue weighted by Crippen LogP contribution is 1.87. The number of ether oxygens (including phenoxy) is 1. The fourth-order valence-corrected chi connectivity index (χ4v) is 0.908. The lowest BCUT2D eigenvalue weighted by molar-refractivity contribution is 0.293. The summed E-state index contributed by atoms with van der Waals surface area (Å²) >= 11 is 0. The van der Waals surface area contributed by atoms with Gasteiger partial charge < -0.3 is 15.1 Å². The van der Waals surface area contributed by atoms with Gasteiger partial charge in [0, 0.05) is 19.4 Å². The molecule has 0 bridgehead atoms. The van der Waals surface area contributed by atoms with Gasteiger partial charge in [-0.3, -0.25) is 0 Å². The summed E-state index contributed by atoms with van der Waals surface area (Å²) < 4.78 is 5.05. The molecule has 0 aliphatic carbocycles. The van der Waals surface area contributed by atoms with E-state index < -0.39 is 0 Å². The zero-order valence-corrected chi connectivity index (χ0v) is 10.0. The molecular formula is C10H19N5O. The Kier molecular flexibility index (Phi) is 7.52. The van der Waals surface area contributed by atoms with Crippen LogP contribution in [0.5, 0.6) is 0 Å². The first kappa shape index (κ1) is 14.2. The Morgan fingerprint density at radius 2 is 2.00 bits per heavy atom. The number of amidine groups is 2. The van der Waals surface area contributed by atoms with E-state index in [4.69, 9.17) is 4.74 Å². The smallest absolute Gasteiger partial charge is 0.292 e. The molecule has 0 fully saturated rings. The summed E-state index contributed by atoms with van der Waals surface area (Å²) in [7, 11) is 3.39. The van der Waals surface area contributed by atoms with Crippen LogP contribution in [0.3, 0.4) is 0 Å². The number of aliphatic imine (C=N–C) groups is 2. The summed E-state index contributed by atoms with van der Waals surface area (Å²) in [5.41, 5.74) is 5.83. The molecule has 0 aromatic rings. The summed E-state index contributed by atoms with van der Waals surface area (Å²) in [5.74, 6) is 0.725. The van der Waals surface area contributed by atoms with Crippen molar-refractivity contribution in [1.29, 1.82) is 0 Å². The van der Waals surface area contributed by atoms with Crippen LogP contribution in [0.4, 0.5) is 0 Å². The van der Waals surface area contributed by atoms with Gasteiger partial charge in [-0.25, -0.2) is 15.4 Å². The number of methoxy groups -OCH3 is 1. The number of hydrogen-bond donors (Lipinski definition) is 2. The van der Waals surface area contributed by atoms with Gasteiger partial charge in [0.2, 0.25) is 0 Å². The first-order valence-corrected chi connectivity index (χ1v) is 4.73. The van der Waals surface area contributed by atoms with Crippen LogP contribution >= 0.6 is 0 Å². The Morgan fingerprint density at radius 3 is 2.50 bits per heavy atom. The average Bonchev–Trinajstić information content (AvgIpc) is 2.26. The van der Waals surface area contributed by atoms with Crippen LogP contribution in [0.15, 0.2) is 35.5 Å². The molecule has 0 aliphatic heterocycles. The van der Waals surface area contributed by atoms with Crippen LogP contribution in [-0.2, 0) is 4.74 Å². The van der Waals surface area contributed by atoms with Gasteiger partial charge in [-0.1, -0.05) is 13.2 Å². The van der Waals surface area contributed by atoms with Crippen molar-refractivity contribution in [1.82, 2.24) is 15.8 Å². The highest BCUT2D eigenvalue weighted by atomic mass is 16.5. The predicted molar refractivity (Wildman–Crippen MR) is 66.8 cm³/mol. The van der Waals surface area contributed by atoms with Crippen molar-refractivity contribution in [3.8, 4) is 0 Å². The third-order valence-corrected chi connectivity index (χ3v) is 1.58. The SMILES string of the molecule is C=CN=C(C)NNCN(C)C(=NC=C)OC. The second-order valence-corrected chi connectivity index (χ2v) is 2.85. The normalized spacial score (nSPS) is 11.9. The molecule has 0 aliphatic rings. The topological polar surface area (TPSA) is 61.2 Å². The van der Waals surface area contributed by atoms with Crippen LogP contribution in [0, 0.1) is 0 Å². The molecule has 2 N–H and O–H groups in total. The highest BCUT2D eigenvalue weighted by molar-refractivity contribution is 5.79. The fraction of sp³-hybridized carbons (Fsp3) is 0.400. The first-order chi connectivity index (χ1) is 7.65. The molecule has 0 spiro atoms. The Labute approximate surface area is 96.4 Å². The lowest BCUT2D eigenvalue weighted by atomic mass is 10.7. The maximum absolute atomic E-state index is 5.05. The molecule has 0 rings (SSSR count). The number of nitrogens with one attached hydrogen (secondary N) is 2. The van der Waals surface area contributed by atoms with Gasteiger partial charge in [0.05, 0.1) is 13.8 Å². The Balaban J connectivity index is 4.01. The predicted octanol–water partition coefficient (Wildman–Crippen LogP) is 0.678. The van der Waals surface area contributed by atoms with E-state index in [1.165, 1.54) is 12.4 Å². The largest absolute Gasteiger partial charge is 0.468 e. The van der Waals surface area contributed by atoms with Gasteiger partial charge in [-0.05, 0) is 6.92 Å². The zero-order valence-electron chi connectivity index (χ0n) is 10.0. The van der Waals surface area contributed by atoms with E-state index in [0.29, 0.717) is 12.7 Å². The average molecular weight is 225 g/mol. The minimum absolute atomic E-state index is 0.475. The van der Waals surface area contributed by atoms with Gasteiger partial charge in [-0.2, -0.15) is 0 Å². The lowest BCUT2D eigenvalue weighted by Gasteiger charge is -2.19. The van der Waals surface area contributed by atoms with Crippen molar-refractivity contribution in [3.05, 3.63) is 25.6 Å². The second kappa shape index (κ2) is 8.49. The number of nitrogens with zero attached hydrogens (tertiary/aromatic N) is 3. The van der Waals surface area contributed by atoms with Gasteiger partial charge in [-0.15, -0.1) is 0 Å². The quantitative estimate of drug-likeness (QED) is 0.312. The van der Waals surface area contributed by atoms with Crippen LogP contribution in [-0.4, -0.2) is 37.6 Å². The minimum Gasteiger partial charge on any atom is -0.468 e. The molecule has 6 nitrogen and oxygen atoms in total. The van der Waals surface area contributed by atoms with Gasteiger partial charge in [0.25, 0.3) is 6.02 Å². The Bertz CT molecular complexity index is 285. The maximum Gasteiger partial charge on any atom is 0.292 e. The van der Waals surface area contributed by atoms with E-state index in [0.717, 1.165) is 5.84 Å². The third-order valence-electron chi connectivity index (χ3n) is 1.58. The van der Waals surface area contributed by atoms with E-state index >= 15 is 0 Å². The Hall–Kier alpha value is -1.82. The molecule has 0 saturated heterocycles. The molecule has 0 radical (unpaired) electrons. The first-order valence-electron chi connectivity index (χ1n) is 4.73. The van der Waals surface area contributed by atoms with Gasteiger partial charge >= 0.3 is 0 Å². The van der Waals surface area contributed by atoms with E-state index in [9.17, 15) is 0 Å². The molecule has 0 aromatic carbocycles. The molecule has 0 atom stereocenters. The van der Waals surface area contributed by atoms with E-state index in [1.807, 2.05) is 14.0 Å². The second-order valence-electron chi connectivity index (χ2n) is 2.85. The summed E-state index contributed by atoms with van der Waals surface area (Å²) in [6.07, 6.45) is 2.89. The van der Waals surface area contributed by atoms with Crippen LogP contribution in [0.1, 0.15) is 6.92 Å². The number of rotatable bonds is 5. The number of hydrogen-bond acceptors (Lipinski definition) is 4. The lowest BCUT2D eigenvalue weighted by Crippen LogP contribution is -2.44. The van der Waals surface area contributed by atoms with Crippen LogP contribution in [0.25, 0.3) is 0 Å². The summed E-state index contributed by atoms with van der Waals surface area (Å²) in [6, 6.07) is 0.475. The molecular weight excluding hydrogens is 206 g/mol. The number of hydrazine groups is 1. The molecule has 90 valence electrons. The highest BCUT2D eigenvalue weighted by Gasteiger charge is 2.03. The van der Waals surface area contributed by atoms with Crippen LogP contribution < -0.4 is 10.9 Å². The van der Waals surface area contributed by atoms with E-state index in [1.54, 1.807) is 12.0 Å². The molecule has 0 heterocycles. The summed E-state index contributed by atoms with van der Waals surface area (Å²) in [6.45, 7) is 9.32. The molecule has 0 aromatic heterocycles. The third kappa shape index (κ3) is 5.82. The molecule has 0 saturated carbocycles. The maximum atomic E-state index is 5.05. The monoisotopic (exact) mass is 225 g/mol. The molecule has 0 amide bonds. The van der Waals surface area contributed by atoms with E-state index in [2.05, 4.69) is 34.0 Å². The van der Waals surface area contributed by atoms with Crippen LogP contribution in [0.2, 0.25) is 0 Å². The molecule has 16 heavy (non-hydrogen) atoms. The molecule has 6 heteroatoms. The standard InChI is InChI=1S/C10H19N5O/c1-6-11-9(3)14-13-8-15(4)10(16-5)12-7-2/h6-7,13H,1-2,8H2,3-5H3,(H,11,14). The summed E-state index contributed by atoms with van der Waals surface area (Å²) in [4.78, 5) is 9.65. The zero-order chi connectivity index (χ0) is 12.4. The van der Waals surface area contributed by atoms with Crippen molar-refractivity contribution >= 4 is 11.9 Å². The van der Waals surface area contributed by atoms with E-state index in [-0.39, 0.29) is 0 Å². The van der Waals surface area contributed by atoms with Crippen molar-refractivity contribution in [2.24, 2.45) is 9.98 Å². The minimum atomic E-state index is 0.475. The summed E-state index contributed by atoms with van der Waals surface area (Å²) in [5, 5.41) is 0. The van der Waals surface area contributed by atoms with Gasteiger partial charge in [0.15, 0.2) is 0 Å². The van der Waals surface area contributed by atoms with Gasteiger partial charge in [0.1, 0.15) is 5.84 Å². The van der Waals surface area contributed by atoms with Crippen molar-refractivity contribution in [2.75, 3.05) is 20.8 Å². The van der Waals surface area contributed by atoms with Crippen molar-refractivity contribution in [2.45, 2.75) is 6.92 Å². The van der Waals surface area contributed by atoms with Crippen molar-refractivity contribution in [3.63, 3.8) is 0 Å².